The Labute approximate surface area is 166 Å². The van der Waals surface area contributed by atoms with Gasteiger partial charge in [-0.05, 0) is 38.0 Å². The standard InChI is InChI=1S/C19H23BrN4O3/c1-12-3-4-14(11-16(12)20)22-17(25)6-5-15-13(2)21-19(23-18(15)26)24-7-9-27-10-8-24/h3-4,11H,5-10H2,1-2H3,(H,22,25)(H,21,23,26). The summed E-state index contributed by atoms with van der Waals surface area (Å²) in [6.07, 6.45) is 0.560. The number of aryl methyl sites for hydroxylation is 2. The Morgan fingerprint density at radius 2 is 2.07 bits per heavy atom. The molecular weight excluding hydrogens is 412 g/mol. The second kappa shape index (κ2) is 8.67. The summed E-state index contributed by atoms with van der Waals surface area (Å²) in [6.45, 7) is 6.45. The fourth-order valence-corrected chi connectivity index (χ4v) is 3.33. The lowest BCUT2D eigenvalue weighted by molar-refractivity contribution is -0.116. The first-order chi connectivity index (χ1) is 12.9. The van der Waals surface area contributed by atoms with Crippen molar-refractivity contribution < 1.29 is 9.53 Å². The molecular formula is C19H23BrN4O3. The fraction of sp³-hybridized carbons (Fsp3) is 0.421. The van der Waals surface area contributed by atoms with E-state index in [9.17, 15) is 9.59 Å². The molecule has 2 heterocycles. The van der Waals surface area contributed by atoms with Crippen molar-refractivity contribution in [3.05, 3.63) is 49.8 Å². The molecule has 1 amide bonds. The van der Waals surface area contributed by atoms with E-state index in [2.05, 4.69) is 31.2 Å². The van der Waals surface area contributed by atoms with Crippen LogP contribution in [0.2, 0.25) is 0 Å². The number of H-pyrrole nitrogens is 1. The molecule has 2 aromatic rings. The van der Waals surface area contributed by atoms with Gasteiger partial charge in [-0.25, -0.2) is 4.98 Å². The second-order valence-electron chi connectivity index (χ2n) is 6.57. The van der Waals surface area contributed by atoms with E-state index in [1.165, 1.54) is 0 Å². The van der Waals surface area contributed by atoms with Crippen molar-refractivity contribution in [2.24, 2.45) is 0 Å². The van der Waals surface area contributed by atoms with Crippen LogP contribution in [0.5, 0.6) is 0 Å². The first-order valence-corrected chi connectivity index (χ1v) is 9.72. The number of aromatic amines is 1. The molecule has 1 aromatic carbocycles. The molecule has 1 saturated heterocycles. The molecule has 1 fully saturated rings. The zero-order valence-electron chi connectivity index (χ0n) is 15.5. The van der Waals surface area contributed by atoms with Gasteiger partial charge in [0, 0.05) is 40.9 Å². The average molecular weight is 435 g/mol. The Morgan fingerprint density at radius 3 is 2.74 bits per heavy atom. The second-order valence-corrected chi connectivity index (χ2v) is 7.42. The van der Waals surface area contributed by atoms with E-state index in [-0.39, 0.29) is 17.9 Å². The molecule has 1 aromatic heterocycles. The molecule has 2 N–H and O–H groups in total. The van der Waals surface area contributed by atoms with Crippen molar-refractivity contribution in [3.8, 4) is 0 Å². The van der Waals surface area contributed by atoms with Crippen LogP contribution in [-0.4, -0.2) is 42.2 Å². The Bertz CT molecular complexity index is 891. The first kappa shape index (κ1) is 19.6. The van der Waals surface area contributed by atoms with Gasteiger partial charge in [-0.3, -0.25) is 14.6 Å². The number of nitrogens with one attached hydrogen (secondary N) is 2. The van der Waals surface area contributed by atoms with Crippen molar-refractivity contribution in [3.63, 3.8) is 0 Å². The molecule has 8 heteroatoms. The number of nitrogens with zero attached hydrogens (tertiary/aromatic N) is 2. The highest BCUT2D eigenvalue weighted by Crippen LogP contribution is 2.21. The van der Waals surface area contributed by atoms with Crippen LogP contribution in [0.1, 0.15) is 23.2 Å². The third kappa shape index (κ3) is 4.95. The van der Waals surface area contributed by atoms with Crippen LogP contribution in [0.3, 0.4) is 0 Å². The predicted molar refractivity (Wildman–Crippen MR) is 108 cm³/mol. The number of benzene rings is 1. The van der Waals surface area contributed by atoms with Crippen molar-refractivity contribution in [1.82, 2.24) is 9.97 Å². The summed E-state index contributed by atoms with van der Waals surface area (Å²) in [4.78, 5) is 34.1. The third-order valence-corrected chi connectivity index (χ3v) is 5.43. The predicted octanol–water partition coefficient (Wildman–Crippen LogP) is 2.56. The molecule has 1 aliphatic rings. The number of ether oxygens (including phenoxy) is 1. The molecule has 7 nitrogen and oxygen atoms in total. The van der Waals surface area contributed by atoms with Gasteiger partial charge in [0.15, 0.2) is 0 Å². The van der Waals surface area contributed by atoms with E-state index in [0.29, 0.717) is 49.9 Å². The molecule has 0 aliphatic carbocycles. The number of halogens is 1. The van der Waals surface area contributed by atoms with Crippen LogP contribution in [0.4, 0.5) is 11.6 Å². The van der Waals surface area contributed by atoms with Gasteiger partial charge in [0.25, 0.3) is 5.56 Å². The van der Waals surface area contributed by atoms with Gasteiger partial charge in [0.05, 0.1) is 13.2 Å². The topological polar surface area (TPSA) is 87.3 Å². The molecule has 144 valence electrons. The number of carbonyl (C=O) groups is 1. The molecule has 0 spiro atoms. The van der Waals surface area contributed by atoms with Gasteiger partial charge in [-0.1, -0.05) is 22.0 Å². The molecule has 3 rings (SSSR count). The summed E-state index contributed by atoms with van der Waals surface area (Å²) in [5.74, 6) is 0.431. The van der Waals surface area contributed by atoms with E-state index in [0.717, 1.165) is 15.7 Å². The van der Waals surface area contributed by atoms with E-state index < -0.39 is 0 Å². The molecule has 27 heavy (non-hydrogen) atoms. The number of morpholine rings is 1. The van der Waals surface area contributed by atoms with Gasteiger partial charge in [0.1, 0.15) is 0 Å². The number of carbonyl (C=O) groups excluding carboxylic acids is 1. The number of amides is 1. The maximum Gasteiger partial charge on any atom is 0.255 e. The largest absolute Gasteiger partial charge is 0.378 e. The van der Waals surface area contributed by atoms with E-state index in [1.54, 1.807) is 0 Å². The summed E-state index contributed by atoms with van der Waals surface area (Å²) in [5, 5.41) is 2.86. The van der Waals surface area contributed by atoms with Crippen molar-refractivity contribution in [2.75, 3.05) is 36.5 Å². The number of aromatic nitrogens is 2. The highest BCUT2D eigenvalue weighted by Gasteiger charge is 2.16. The van der Waals surface area contributed by atoms with Crippen molar-refractivity contribution in [2.45, 2.75) is 26.7 Å². The monoisotopic (exact) mass is 434 g/mol. The van der Waals surface area contributed by atoms with Crippen LogP contribution >= 0.6 is 15.9 Å². The van der Waals surface area contributed by atoms with Crippen LogP contribution < -0.4 is 15.8 Å². The minimum Gasteiger partial charge on any atom is -0.378 e. The van der Waals surface area contributed by atoms with E-state index in [1.807, 2.05) is 36.9 Å². The van der Waals surface area contributed by atoms with Crippen LogP contribution in [-0.2, 0) is 16.0 Å². The summed E-state index contributed by atoms with van der Waals surface area (Å²) in [7, 11) is 0. The normalized spacial score (nSPS) is 14.3. The van der Waals surface area contributed by atoms with Gasteiger partial charge in [-0.2, -0.15) is 0 Å². The van der Waals surface area contributed by atoms with Crippen molar-refractivity contribution in [1.29, 1.82) is 0 Å². The van der Waals surface area contributed by atoms with E-state index in [4.69, 9.17) is 4.74 Å². The Kier molecular flexibility index (Phi) is 6.28. The van der Waals surface area contributed by atoms with E-state index >= 15 is 0 Å². The fourth-order valence-electron chi connectivity index (χ4n) is 2.95. The van der Waals surface area contributed by atoms with Gasteiger partial charge in [0.2, 0.25) is 11.9 Å². The molecule has 0 unspecified atom stereocenters. The van der Waals surface area contributed by atoms with Crippen LogP contribution in [0.15, 0.2) is 27.5 Å². The molecule has 0 atom stereocenters. The Hall–Kier alpha value is -2.19. The minimum atomic E-state index is -0.185. The quantitative estimate of drug-likeness (QED) is 0.754. The zero-order chi connectivity index (χ0) is 19.4. The minimum absolute atomic E-state index is 0.137. The van der Waals surface area contributed by atoms with Crippen LogP contribution in [0.25, 0.3) is 0 Å². The lowest BCUT2D eigenvalue weighted by atomic mass is 10.1. The maximum atomic E-state index is 12.5. The number of rotatable bonds is 5. The average Bonchev–Trinajstić information content (AvgIpc) is 2.64. The lowest BCUT2D eigenvalue weighted by Gasteiger charge is -2.27. The summed E-state index contributed by atoms with van der Waals surface area (Å²) in [6, 6.07) is 5.65. The van der Waals surface area contributed by atoms with Crippen molar-refractivity contribution >= 4 is 33.5 Å². The number of anilines is 2. The number of hydrogen-bond donors (Lipinski definition) is 2. The maximum absolute atomic E-state index is 12.5. The molecule has 0 bridgehead atoms. The van der Waals surface area contributed by atoms with Gasteiger partial charge < -0.3 is 15.0 Å². The number of hydrogen-bond acceptors (Lipinski definition) is 5. The molecule has 0 saturated carbocycles. The zero-order valence-corrected chi connectivity index (χ0v) is 17.1. The summed E-state index contributed by atoms with van der Waals surface area (Å²) >= 11 is 3.45. The molecule has 0 radical (unpaired) electrons. The highest BCUT2D eigenvalue weighted by atomic mass is 79.9. The smallest absolute Gasteiger partial charge is 0.255 e. The van der Waals surface area contributed by atoms with Gasteiger partial charge in [-0.15, -0.1) is 0 Å². The summed E-state index contributed by atoms with van der Waals surface area (Å²) < 4.78 is 6.26. The molecule has 1 aliphatic heterocycles. The lowest BCUT2D eigenvalue weighted by Crippen LogP contribution is -2.38. The van der Waals surface area contributed by atoms with Gasteiger partial charge >= 0.3 is 0 Å². The summed E-state index contributed by atoms with van der Waals surface area (Å²) in [5.41, 5.74) is 2.85. The Morgan fingerprint density at radius 1 is 1.33 bits per heavy atom. The first-order valence-electron chi connectivity index (χ1n) is 8.92. The third-order valence-electron chi connectivity index (χ3n) is 4.58. The SMILES string of the molecule is Cc1ccc(NC(=O)CCc2c(C)nc(N3CCOCC3)[nH]c2=O)cc1Br. The van der Waals surface area contributed by atoms with Crippen LogP contribution in [0, 0.1) is 13.8 Å². The highest BCUT2D eigenvalue weighted by molar-refractivity contribution is 9.10. The Balaban J connectivity index is 1.64.